The summed E-state index contributed by atoms with van der Waals surface area (Å²) in [5.74, 6) is -2.09. The molecule has 0 aliphatic carbocycles. The van der Waals surface area contributed by atoms with E-state index >= 15 is 0 Å². The summed E-state index contributed by atoms with van der Waals surface area (Å²) >= 11 is 9.17. The molecular formula is C12H6BrClFNO3. The Labute approximate surface area is 120 Å². The first-order valence-corrected chi connectivity index (χ1v) is 6.16. The molecule has 0 saturated heterocycles. The highest BCUT2D eigenvalue weighted by Crippen LogP contribution is 2.32. The zero-order valence-electron chi connectivity index (χ0n) is 9.23. The van der Waals surface area contributed by atoms with Crippen molar-refractivity contribution in [1.29, 1.82) is 0 Å². The molecule has 1 N–H and O–H groups in total. The predicted octanol–water partition coefficient (Wildman–Crippen LogP) is 4.13. The van der Waals surface area contributed by atoms with Crippen molar-refractivity contribution in [1.82, 2.24) is 4.98 Å². The lowest BCUT2D eigenvalue weighted by Gasteiger charge is -2.09. The lowest BCUT2D eigenvalue weighted by Crippen LogP contribution is -2.03. The first kappa shape index (κ1) is 13.8. The van der Waals surface area contributed by atoms with Gasteiger partial charge in [-0.3, -0.25) is 0 Å². The van der Waals surface area contributed by atoms with Crippen molar-refractivity contribution >= 4 is 33.5 Å². The largest absolute Gasteiger partial charge is 0.477 e. The minimum absolute atomic E-state index is 0.224. The van der Waals surface area contributed by atoms with Crippen LogP contribution in [-0.2, 0) is 0 Å². The monoisotopic (exact) mass is 345 g/mol. The van der Waals surface area contributed by atoms with Crippen molar-refractivity contribution in [2.24, 2.45) is 0 Å². The second-order valence-electron chi connectivity index (χ2n) is 3.49. The fourth-order valence-corrected chi connectivity index (χ4v) is 2.04. The van der Waals surface area contributed by atoms with Gasteiger partial charge in [0.05, 0.1) is 11.2 Å². The number of carboxylic acid groups (broad SMARTS) is 1. The van der Waals surface area contributed by atoms with Gasteiger partial charge in [0.25, 0.3) is 0 Å². The van der Waals surface area contributed by atoms with E-state index in [0.717, 1.165) is 16.7 Å². The highest BCUT2D eigenvalue weighted by molar-refractivity contribution is 9.10. The summed E-state index contributed by atoms with van der Waals surface area (Å²) in [6.07, 6.45) is 0.870. The molecule has 0 radical (unpaired) electrons. The minimum Gasteiger partial charge on any atom is -0.477 e. The summed E-state index contributed by atoms with van der Waals surface area (Å²) in [5.41, 5.74) is -0.376. The van der Waals surface area contributed by atoms with Crippen LogP contribution >= 0.6 is 27.5 Å². The number of pyridine rings is 1. The second-order valence-corrected chi connectivity index (χ2v) is 4.81. The third-order valence-corrected chi connectivity index (χ3v) is 2.94. The summed E-state index contributed by atoms with van der Waals surface area (Å²) in [6, 6.07) is 5.63. The Hall–Kier alpha value is -1.66. The molecule has 4 nitrogen and oxygen atoms in total. The van der Waals surface area contributed by atoms with Gasteiger partial charge in [0.2, 0.25) is 5.88 Å². The van der Waals surface area contributed by atoms with Gasteiger partial charge in [0, 0.05) is 4.47 Å². The number of ether oxygens (including phenoxy) is 1. The van der Waals surface area contributed by atoms with Crippen LogP contribution < -0.4 is 4.74 Å². The molecule has 0 amide bonds. The molecular weight excluding hydrogens is 340 g/mol. The number of carboxylic acids is 1. The first-order valence-electron chi connectivity index (χ1n) is 4.99. The molecule has 1 aromatic carbocycles. The molecule has 2 aromatic rings. The third-order valence-electron chi connectivity index (χ3n) is 2.15. The number of rotatable bonds is 3. The number of halogens is 3. The number of aromatic nitrogens is 1. The van der Waals surface area contributed by atoms with Crippen LogP contribution in [0.5, 0.6) is 11.6 Å². The first-order chi connectivity index (χ1) is 8.97. The molecule has 19 heavy (non-hydrogen) atoms. The lowest BCUT2D eigenvalue weighted by molar-refractivity contribution is 0.0692. The van der Waals surface area contributed by atoms with Gasteiger partial charge < -0.3 is 9.84 Å². The van der Waals surface area contributed by atoms with Gasteiger partial charge in [-0.15, -0.1) is 0 Å². The van der Waals surface area contributed by atoms with E-state index in [1.165, 1.54) is 0 Å². The predicted molar refractivity (Wildman–Crippen MR) is 70.4 cm³/mol. The molecule has 0 fully saturated rings. The zero-order valence-corrected chi connectivity index (χ0v) is 11.6. The zero-order chi connectivity index (χ0) is 14.0. The Balaban J connectivity index is 2.40. The Kier molecular flexibility index (Phi) is 4.01. The lowest BCUT2D eigenvalue weighted by atomic mass is 10.2. The molecule has 7 heteroatoms. The molecule has 0 spiro atoms. The normalized spacial score (nSPS) is 10.3. The van der Waals surface area contributed by atoms with Crippen LogP contribution in [-0.4, -0.2) is 16.1 Å². The standard InChI is InChI=1S/C12H6BrClFNO3/c13-6-1-2-10(9(14)3-6)19-11-8(12(17)18)4-7(15)5-16-11/h1-5H,(H,17,18). The topological polar surface area (TPSA) is 59.4 Å². The Bertz CT molecular complexity index is 651. The summed E-state index contributed by atoms with van der Waals surface area (Å²) in [4.78, 5) is 14.6. The average molecular weight is 347 g/mol. The number of carbonyl (C=O) groups is 1. The number of hydrogen-bond acceptors (Lipinski definition) is 3. The molecule has 0 aliphatic rings. The molecule has 0 bridgehead atoms. The maximum absolute atomic E-state index is 13.0. The second kappa shape index (κ2) is 5.54. The summed E-state index contributed by atoms with van der Waals surface area (Å²) in [5, 5.41) is 9.23. The van der Waals surface area contributed by atoms with Crippen LogP contribution in [0.4, 0.5) is 4.39 Å². The molecule has 0 saturated carbocycles. The van der Waals surface area contributed by atoms with Crippen molar-refractivity contribution in [2.75, 3.05) is 0 Å². The maximum atomic E-state index is 13.0. The third kappa shape index (κ3) is 3.21. The number of aromatic carboxylic acids is 1. The Morgan fingerprint density at radius 2 is 2.16 bits per heavy atom. The maximum Gasteiger partial charge on any atom is 0.341 e. The molecule has 0 aliphatic heterocycles. The summed E-state index contributed by atoms with van der Waals surface area (Å²) in [6.45, 7) is 0. The molecule has 0 atom stereocenters. The minimum atomic E-state index is -1.34. The summed E-state index contributed by atoms with van der Waals surface area (Å²) in [7, 11) is 0. The molecule has 1 aromatic heterocycles. The molecule has 0 unspecified atom stereocenters. The van der Waals surface area contributed by atoms with E-state index in [1.807, 2.05) is 0 Å². The highest BCUT2D eigenvalue weighted by Gasteiger charge is 2.16. The summed E-state index contributed by atoms with van der Waals surface area (Å²) < 4.78 is 19.0. The molecule has 2 rings (SSSR count). The smallest absolute Gasteiger partial charge is 0.341 e. The van der Waals surface area contributed by atoms with E-state index in [0.29, 0.717) is 0 Å². The van der Waals surface area contributed by atoms with E-state index < -0.39 is 11.8 Å². The van der Waals surface area contributed by atoms with Gasteiger partial charge in [0.1, 0.15) is 17.1 Å². The van der Waals surface area contributed by atoms with Crippen LogP contribution in [0.1, 0.15) is 10.4 Å². The van der Waals surface area contributed by atoms with Gasteiger partial charge in [-0.25, -0.2) is 14.2 Å². The molecule has 1 heterocycles. The Morgan fingerprint density at radius 3 is 2.79 bits per heavy atom. The van der Waals surface area contributed by atoms with Crippen molar-refractivity contribution in [3.05, 3.63) is 51.3 Å². The SMILES string of the molecule is O=C(O)c1cc(F)cnc1Oc1ccc(Br)cc1Cl. The van der Waals surface area contributed by atoms with Crippen LogP contribution in [0, 0.1) is 5.82 Å². The van der Waals surface area contributed by atoms with E-state index in [4.69, 9.17) is 21.4 Å². The quantitative estimate of drug-likeness (QED) is 0.908. The van der Waals surface area contributed by atoms with E-state index in [9.17, 15) is 9.18 Å². The van der Waals surface area contributed by atoms with Crippen molar-refractivity contribution < 1.29 is 19.0 Å². The highest BCUT2D eigenvalue weighted by atomic mass is 79.9. The van der Waals surface area contributed by atoms with Gasteiger partial charge in [-0.2, -0.15) is 0 Å². The molecule has 98 valence electrons. The van der Waals surface area contributed by atoms with Crippen LogP contribution in [0.15, 0.2) is 34.9 Å². The van der Waals surface area contributed by atoms with Crippen molar-refractivity contribution in [3.8, 4) is 11.6 Å². The van der Waals surface area contributed by atoms with E-state index in [1.54, 1.807) is 18.2 Å². The van der Waals surface area contributed by atoms with Crippen LogP contribution in [0.2, 0.25) is 5.02 Å². The number of hydrogen-bond donors (Lipinski definition) is 1. The fraction of sp³-hybridized carbons (Fsp3) is 0. The van der Waals surface area contributed by atoms with E-state index in [2.05, 4.69) is 20.9 Å². The van der Waals surface area contributed by atoms with E-state index in [-0.39, 0.29) is 22.2 Å². The van der Waals surface area contributed by atoms with Gasteiger partial charge in [-0.1, -0.05) is 27.5 Å². The number of benzene rings is 1. The van der Waals surface area contributed by atoms with Crippen molar-refractivity contribution in [3.63, 3.8) is 0 Å². The van der Waals surface area contributed by atoms with Gasteiger partial charge in [-0.05, 0) is 24.3 Å². The Morgan fingerprint density at radius 1 is 1.42 bits per heavy atom. The van der Waals surface area contributed by atoms with Crippen molar-refractivity contribution in [2.45, 2.75) is 0 Å². The van der Waals surface area contributed by atoms with Gasteiger partial charge >= 0.3 is 5.97 Å². The average Bonchev–Trinajstić information content (AvgIpc) is 2.34. The number of nitrogens with zero attached hydrogens (tertiary/aromatic N) is 1. The fourth-order valence-electron chi connectivity index (χ4n) is 1.32. The van der Waals surface area contributed by atoms with Gasteiger partial charge in [0.15, 0.2) is 0 Å². The van der Waals surface area contributed by atoms with Crippen LogP contribution in [0.3, 0.4) is 0 Å². The van der Waals surface area contributed by atoms with Crippen LogP contribution in [0.25, 0.3) is 0 Å².